The molecule has 2 saturated heterocycles. The Kier molecular flexibility index (Phi) is 20.9. The van der Waals surface area contributed by atoms with E-state index in [0.717, 1.165) is 4.57 Å². The van der Waals surface area contributed by atoms with Gasteiger partial charge in [0.25, 0.3) is 5.56 Å². The van der Waals surface area contributed by atoms with E-state index in [4.69, 9.17) is 39.2 Å². The smallest absolute Gasteiger partial charge is 0.812 e. The van der Waals surface area contributed by atoms with Crippen molar-refractivity contribution >= 4 is 55.2 Å². The molecular formula is C26H36N9Na3O15P2S. The third kappa shape index (κ3) is 13.1. The predicted molar refractivity (Wildman–Crippen MR) is 176 cm³/mol. The van der Waals surface area contributed by atoms with Gasteiger partial charge in [-0.15, -0.1) is 11.8 Å². The second-order valence-electron chi connectivity index (χ2n) is 11.8. The molecule has 294 valence electrons. The molecular weight excluding hydrogens is 841 g/mol. The summed E-state index contributed by atoms with van der Waals surface area (Å²) in [6.07, 6.45) is -8.61. The normalized spacial score (nSPS) is 25.9. The third-order valence-corrected chi connectivity index (χ3v) is 10.6. The molecule has 0 unspecified atom stereocenters. The number of carbonyl (C=O) groups excluding carboxylic acids is 1. The minimum absolute atomic E-state index is 0. The number of hydrogen-bond acceptors (Lipinski definition) is 21. The number of imidazole rings is 1. The molecule has 0 aliphatic carbocycles. The average Bonchev–Trinajstić information content (AvgIpc) is 3.73. The Morgan fingerprint density at radius 1 is 1.02 bits per heavy atom. The van der Waals surface area contributed by atoms with Crippen LogP contribution in [0.4, 0.5) is 11.8 Å². The predicted octanol–water partition coefficient (Wildman–Crippen LogP) is -13.5. The van der Waals surface area contributed by atoms with E-state index in [1.165, 1.54) is 30.3 Å². The van der Waals surface area contributed by atoms with Gasteiger partial charge in [0.15, 0.2) is 23.6 Å². The van der Waals surface area contributed by atoms with E-state index in [1.54, 1.807) is 0 Å². The van der Waals surface area contributed by atoms with Crippen LogP contribution in [0.25, 0.3) is 11.2 Å². The van der Waals surface area contributed by atoms with Gasteiger partial charge in [-0.1, -0.05) is 13.1 Å². The van der Waals surface area contributed by atoms with Crippen molar-refractivity contribution in [3.63, 3.8) is 0 Å². The number of unbranched alkanes of at least 4 members (excludes halogenated alkanes) is 2. The number of H-pyrrole nitrogens is 1. The summed E-state index contributed by atoms with van der Waals surface area (Å²) >= 11 is 4.37. The summed E-state index contributed by atoms with van der Waals surface area (Å²) in [6, 6.07) is 1.27. The van der Waals surface area contributed by atoms with E-state index in [-0.39, 0.29) is 137 Å². The van der Waals surface area contributed by atoms with Crippen LogP contribution in [0.5, 0.6) is 0 Å². The topological polar surface area (TPSA) is 362 Å². The minimum atomic E-state index is -4.77. The van der Waals surface area contributed by atoms with E-state index < -0.39 is 94.0 Å². The molecule has 0 saturated carbocycles. The van der Waals surface area contributed by atoms with Gasteiger partial charge in [0, 0.05) is 25.8 Å². The summed E-state index contributed by atoms with van der Waals surface area (Å²) in [6.45, 7) is -6.32. The summed E-state index contributed by atoms with van der Waals surface area (Å²) in [5.74, 6) is -1.60. The average molecular weight is 878 g/mol. The number of carboxylic acid groups (broad SMARTS) is 1. The first kappa shape index (κ1) is 51.9. The van der Waals surface area contributed by atoms with E-state index in [9.17, 15) is 44.1 Å². The van der Waals surface area contributed by atoms with Crippen LogP contribution >= 0.6 is 14.5 Å². The molecule has 0 aromatic carbocycles. The van der Waals surface area contributed by atoms with Gasteiger partial charge in [0.05, 0.1) is 19.5 Å². The van der Waals surface area contributed by atoms with Crippen molar-refractivity contribution in [1.82, 2.24) is 34.2 Å². The zero-order valence-electron chi connectivity index (χ0n) is 30.7. The van der Waals surface area contributed by atoms with Gasteiger partial charge in [-0.05, 0) is 25.3 Å². The number of methoxy groups -OCH3 is 1. The number of aromatic nitrogens is 6. The first-order chi connectivity index (χ1) is 25.0. The molecule has 56 heavy (non-hydrogen) atoms. The van der Waals surface area contributed by atoms with Crippen molar-refractivity contribution in [3.05, 3.63) is 39.4 Å². The van der Waals surface area contributed by atoms with E-state index in [0.29, 0.717) is 6.42 Å². The summed E-state index contributed by atoms with van der Waals surface area (Å²) in [7, 11) is -3.38. The number of aromatic amines is 1. The van der Waals surface area contributed by atoms with Gasteiger partial charge < -0.3 is 60.1 Å². The van der Waals surface area contributed by atoms with Crippen molar-refractivity contribution in [2.75, 3.05) is 38.3 Å². The molecule has 2 aliphatic heterocycles. The summed E-state index contributed by atoms with van der Waals surface area (Å²) in [5.41, 5.74) is 9.52. The molecule has 3 aromatic heterocycles. The molecule has 3 aromatic rings. The van der Waals surface area contributed by atoms with Crippen LogP contribution in [0.2, 0.25) is 0 Å². The quantitative estimate of drug-likeness (QED) is 0.0392. The van der Waals surface area contributed by atoms with Crippen LogP contribution in [-0.2, 0) is 48.9 Å². The maximum Gasteiger partial charge on any atom is 1.00 e. The number of carbonyl (C=O) groups is 1. The number of nitrogens with zero attached hydrogens (tertiary/aromatic N) is 5. The van der Waals surface area contributed by atoms with E-state index in [1.807, 2.05) is 0 Å². The Morgan fingerprint density at radius 3 is 2.34 bits per heavy atom. The molecule has 0 bridgehead atoms. The molecule has 5 heterocycles. The molecule has 8 N–H and O–H groups in total. The molecule has 9 atom stereocenters. The SMILES string of the molecule is CO[C@@H]1[C@H](O[P@](=O)(NCCCCCC(=O)[O-])OC[C@H]2O[C@@H](n3ccc(N)nc3=O)[C@H](O)[C@@H]2O)[C@@H](COP([O-])([O-])=S)O[C@H]1n1cnc2c(=O)[nH]c(N)nc21.[Na+].[Na+].[Na+]. The Morgan fingerprint density at radius 2 is 1.70 bits per heavy atom. The van der Waals surface area contributed by atoms with Gasteiger partial charge >= 0.3 is 102 Å². The maximum absolute atomic E-state index is 14.5. The summed E-state index contributed by atoms with van der Waals surface area (Å²) in [5, 5.41) is 34.9. The number of nitrogens with one attached hydrogen (secondary N) is 2. The zero-order chi connectivity index (χ0) is 38.7. The fourth-order valence-electron chi connectivity index (χ4n) is 5.69. The molecule has 5 rings (SSSR count). The van der Waals surface area contributed by atoms with Crippen molar-refractivity contribution < 1.29 is 151 Å². The first-order valence-electron chi connectivity index (χ1n) is 15.8. The number of fused-ring (bicyclic) bond motifs is 1. The molecule has 0 radical (unpaired) electrons. The number of aliphatic hydroxyl groups excluding tert-OH is 2. The van der Waals surface area contributed by atoms with E-state index >= 15 is 0 Å². The van der Waals surface area contributed by atoms with Crippen molar-refractivity contribution in [3.8, 4) is 0 Å². The standard InChI is InChI=1S/C26H39N9O15P2S.3Na/c1-45-20-19(13(10-47-52(43,44)53)49-24(20)35-11-29-16-21(35)32-25(28)33-22(16)40)50-51(42,30-7-4-2-3-5-15(36)37)46-9-12-17(38)18(39)23(48-12)34-8-6-14(27)31-26(34)41;;;/h6,8,11-13,17-20,23-24,38-39H,2-5,7,9-10H2,1H3,(H,30,42)(H,36,37)(H2,27,31,41)(H2,43,44,53)(H3,28,32,33,40);;;/q;3*+1/p-3/t12-,13-,17-,18-,19-,20-,23-,24-,51+;;;/m1.../s1. The Labute approximate surface area is 389 Å². The number of nitrogen functional groups attached to an aromatic ring is 2. The number of carboxylic acids is 1. The van der Waals surface area contributed by atoms with Crippen LogP contribution < -0.4 is 131 Å². The number of nitrogens with two attached hydrogens (primary N) is 2. The molecule has 24 nitrogen and oxygen atoms in total. The van der Waals surface area contributed by atoms with Gasteiger partial charge in [-0.2, -0.15) is 9.97 Å². The molecule has 30 heteroatoms. The molecule has 2 aliphatic rings. The van der Waals surface area contributed by atoms with Crippen molar-refractivity contribution in [2.45, 2.75) is 74.8 Å². The van der Waals surface area contributed by atoms with Gasteiger partial charge in [0.1, 0.15) is 42.4 Å². The number of hydrogen-bond donors (Lipinski definition) is 6. The van der Waals surface area contributed by atoms with Gasteiger partial charge in [-0.25, -0.2) is 19.4 Å². The second-order valence-corrected chi connectivity index (χ2v) is 16.1. The zero-order valence-corrected chi connectivity index (χ0v) is 39.3. The van der Waals surface area contributed by atoms with Crippen LogP contribution in [0, 0.1) is 0 Å². The molecule has 0 amide bonds. The number of ether oxygens (including phenoxy) is 3. The van der Waals surface area contributed by atoms with Gasteiger partial charge in [0.2, 0.25) is 5.95 Å². The van der Waals surface area contributed by atoms with Crippen LogP contribution in [0.15, 0.2) is 28.2 Å². The van der Waals surface area contributed by atoms with Crippen molar-refractivity contribution in [1.29, 1.82) is 0 Å². The Bertz CT molecular complexity index is 1990. The number of anilines is 2. The van der Waals surface area contributed by atoms with Crippen molar-refractivity contribution in [2.24, 2.45) is 0 Å². The molecule has 0 spiro atoms. The fraction of sp³-hybridized carbons (Fsp3) is 0.615. The van der Waals surface area contributed by atoms with Crippen LogP contribution in [-0.4, -0.2) is 109 Å². The number of aliphatic carboxylic acids is 1. The second kappa shape index (κ2) is 22.5. The Hall–Kier alpha value is -0.260. The van der Waals surface area contributed by atoms with Crippen LogP contribution in [0.1, 0.15) is 38.1 Å². The number of aliphatic hydroxyl groups is 2. The monoisotopic (exact) mass is 877 g/mol. The van der Waals surface area contributed by atoms with Crippen LogP contribution in [0.3, 0.4) is 0 Å². The largest absolute Gasteiger partial charge is 1.00 e. The number of rotatable bonds is 18. The molecule has 2 fully saturated rings. The first-order valence-corrected chi connectivity index (χ1v) is 19.9. The maximum atomic E-state index is 14.5. The Balaban J connectivity index is 0.00000361. The van der Waals surface area contributed by atoms with Gasteiger partial charge in [-0.3, -0.25) is 28.0 Å². The van der Waals surface area contributed by atoms with E-state index in [2.05, 4.69) is 36.8 Å². The third-order valence-electron chi connectivity index (χ3n) is 8.17. The fourth-order valence-corrected chi connectivity index (χ4v) is 7.78. The minimum Gasteiger partial charge on any atom is -0.812 e. The summed E-state index contributed by atoms with van der Waals surface area (Å²) < 4.78 is 50.6. The summed E-state index contributed by atoms with van der Waals surface area (Å²) in [4.78, 5) is 73.3.